The summed E-state index contributed by atoms with van der Waals surface area (Å²) in [6.45, 7) is 6.96. The van der Waals surface area contributed by atoms with E-state index in [0.29, 0.717) is 6.04 Å². The summed E-state index contributed by atoms with van der Waals surface area (Å²) >= 11 is 0. The molecular formula is C18H29NO2. The van der Waals surface area contributed by atoms with Crippen molar-refractivity contribution in [2.24, 2.45) is 0 Å². The first-order valence-corrected chi connectivity index (χ1v) is 8.21. The predicted octanol–water partition coefficient (Wildman–Crippen LogP) is 3.68. The highest BCUT2D eigenvalue weighted by molar-refractivity contribution is 5.52. The van der Waals surface area contributed by atoms with E-state index < -0.39 is 0 Å². The monoisotopic (exact) mass is 291 g/mol. The third-order valence-corrected chi connectivity index (χ3v) is 4.47. The minimum atomic E-state index is 0.676. The zero-order valence-corrected chi connectivity index (χ0v) is 13.9. The molecule has 1 aliphatic rings. The highest BCUT2D eigenvalue weighted by Gasteiger charge is 2.26. The van der Waals surface area contributed by atoms with E-state index in [9.17, 15) is 0 Å². The van der Waals surface area contributed by atoms with Crippen LogP contribution in [0.2, 0.25) is 0 Å². The lowest BCUT2D eigenvalue weighted by Gasteiger charge is -2.35. The Hall–Kier alpha value is -1.22. The van der Waals surface area contributed by atoms with Gasteiger partial charge in [-0.25, -0.2) is 0 Å². The number of benzene rings is 1. The van der Waals surface area contributed by atoms with Gasteiger partial charge in [0.15, 0.2) is 11.5 Å². The van der Waals surface area contributed by atoms with Crippen LogP contribution in [0.4, 0.5) is 0 Å². The SMILES string of the molecule is CCCN(CCC)C1CCc2c(ccc(OC)c2OC)C1. The average molecular weight is 291 g/mol. The van der Waals surface area contributed by atoms with Gasteiger partial charge in [0.25, 0.3) is 0 Å². The van der Waals surface area contributed by atoms with Crippen LogP contribution in [-0.2, 0) is 12.8 Å². The minimum Gasteiger partial charge on any atom is -0.493 e. The molecule has 0 N–H and O–H groups in total. The van der Waals surface area contributed by atoms with Gasteiger partial charge in [-0.3, -0.25) is 0 Å². The summed E-state index contributed by atoms with van der Waals surface area (Å²) in [4.78, 5) is 2.67. The Balaban J connectivity index is 2.20. The second-order valence-corrected chi connectivity index (χ2v) is 5.87. The van der Waals surface area contributed by atoms with Gasteiger partial charge in [0.2, 0.25) is 0 Å². The fourth-order valence-corrected chi connectivity index (χ4v) is 3.53. The molecule has 0 bridgehead atoms. The molecule has 0 radical (unpaired) electrons. The van der Waals surface area contributed by atoms with E-state index in [4.69, 9.17) is 9.47 Å². The first kappa shape index (κ1) is 16.2. The second kappa shape index (κ2) is 7.69. The molecule has 118 valence electrons. The van der Waals surface area contributed by atoms with E-state index in [2.05, 4.69) is 24.8 Å². The Kier molecular flexibility index (Phi) is 5.92. The number of rotatable bonds is 7. The summed E-state index contributed by atoms with van der Waals surface area (Å²) < 4.78 is 11.0. The summed E-state index contributed by atoms with van der Waals surface area (Å²) in [6.07, 6.45) is 5.90. The summed E-state index contributed by atoms with van der Waals surface area (Å²) in [7, 11) is 3.45. The number of nitrogens with zero attached hydrogens (tertiary/aromatic N) is 1. The van der Waals surface area contributed by atoms with E-state index in [0.717, 1.165) is 24.3 Å². The lowest BCUT2D eigenvalue weighted by atomic mass is 9.86. The van der Waals surface area contributed by atoms with Gasteiger partial charge in [0.05, 0.1) is 14.2 Å². The van der Waals surface area contributed by atoms with Crippen LogP contribution >= 0.6 is 0 Å². The Morgan fingerprint density at radius 2 is 1.81 bits per heavy atom. The van der Waals surface area contributed by atoms with Crippen molar-refractivity contribution >= 4 is 0 Å². The van der Waals surface area contributed by atoms with Crippen molar-refractivity contribution in [3.8, 4) is 11.5 Å². The van der Waals surface area contributed by atoms with Crippen LogP contribution in [0.5, 0.6) is 11.5 Å². The second-order valence-electron chi connectivity index (χ2n) is 5.87. The van der Waals surface area contributed by atoms with Crippen LogP contribution in [0.15, 0.2) is 12.1 Å². The van der Waals surface area contributed by atoms with Gasteiger partial charge in [-0.2, -0.15) is 0 Å². The van der Waals surface area contributed by atoms with Crippen molar-refractivity contribution in [1.82, 2.24) is 4.90 Å². The summed E-state index contributed by atoms with van der Waals surface area (Å²) in [5, 5.41) is 0. The summed E-state index contributed by atoms with van der Waals surface area (Å²) in [6, 6.07) is 4.94. The molecule has 0 fully saturated rings. The van der Waals surface area contributed by atoms with E-state index in [1.54, 1.807) is 14.2 Å². The third-order valence-electron chi connectivity index (χ3n) is 4.47. The number of ether oxygens (including phenoxy) is 2. The van der Waals surface area contributed by atoms with Crippen LogP contribution < -0.4 is 9.47 Å². The molecule has 1 aromatic carbocycles. The number of hydrogen-bond donors (Lipinski definition) is 0. The van der Waals surface area contributed by atoms with Crippen molar-refractivity contribution in [2.75, 3.05) is 27.3 Å². The van der Waals surface area contributed by atoms with Crippen molar-refractivity contribution < 1.29 is 9.47 Å². The molecule has 0 saturated heterocycles. The lowest BCUT2D eigenvalue weighted by Crippen LogP contribution is -2.40. The molecule has 1 unspecified atom stereocenters. The molecule has 0 amide bonds. The zero-order valence-electron chi connectivity index (χ0n) is 13.9. The molecule has 0 spiro atoms. The van der Waals surface area contributed by atoms with Gasteiger partial charge in [0, 0.05) is 11.6 Å². The molecular weight excluding hydrogens is 262 g/mol. The smallest absolute Gasteiger partial charge is 0.164 e. The first-order chi connectivity index (χ1) is 10.2. The quantitative estimate of drug-likeness (QED) is 0.765. The van der Waals surface area contributed by atoms with Crippen LogP contribution in [0.25, 0.3) is 0 Å². The van der Waals surface area contributed by atoms with Gasteiger partial charge in [-0.05, 0) is 56.8 Å². The molecule has 0 aliphatic heterocycles. The molecule has 21 heavy (non-hydrogen) atoms. The molecule has 0 saturated carbocycles. The Bertz CT molecular complexity index is 453. The molecule has 1 atom stereocenters. The van der Waals surface area contributed by atoms with Gasteiger partial charge >= 0.3 is 0 Å². The van der Waals surface area contributed by atoms with Crippen molar-refractivity contribution in [2.45, 2.75) is 52.0 Å². The van der Waals surface area contributed by atoms with Gasteiger partial charge in [-0.15, -0.1) is 0 Å². The molecule has 0 aromatic heterocycles. The van der Waals surface area contributed by atoms with Crippen molar-refractivity contribution in [3.63, 3.8) is 0 Å². The standard InChI is InChI=1S/C18H29NO2/c1-5-11-19(12-6-2)15-8-9-16-14(13-15)7-10-17(20-3)18(16)21-4/h7,10,15H,5-6,8-9,11-13H2,1-4H3. The summed E-state index contributed by atoms with van der Waals surface area (Å²) in [5.41, 5.74) is 2.78. The lowest BCUT2D eigenvalue weighted by molar-refractivity contribution is 0.179. The number of hydrogen-bond acceptors (Lipinski definition) is 3. The highest BCUT2D eigenvalue weighted by Crippen LogP contribution is 2.38. The molecule has 1 aliphatic carbocycles. The van der Waals surface area contributed by atoms with Crippen molar-refractivity contribution in [3.05, 3.63) is 23.3 Å². The highest BCUT2D eigenvalue weighted by atomic mass is 16.5. The van der Waals surface area contributed by atoms with Gasteiger partial charge < -0.3 is 14.4 Å². The Morgan fingerprint density at radius 1 is 1.10 bits per heavy atom. The van der Waals surface area contributed by atoms with Crippen LogP contribution in [0.1, 0.15) is 44.2 Å². The fraction of sp³-hybridized carbons (Fsp3) is 0.667. The first-order valence-electron chi connectivity index (χ1n) is 8.21. The van der Waals surface area contributed by atoms with Crippen LogP contribution in [-0.4, -0.2) is 38.3 Å². The molecule has 1 aromatic rings. The van der Waals surface area contributed by atoms with E-state index in [1.165, 1.54) is 43.5 Å². The molecule has 0 heterocycles. The average Bonchev–Trinajstić information content (AvgIpc) is 2.52. The predicted molar refractivity (Wildman–Crippen MR) is 87.5 cm³/mol. The Labute approximate surface area is 129 Å². The summed E-state index contributed by atoms with van der Waals surface area (Å²) in [5.74, 6) is 1.79. The molecule has 3 heteroatoms. The van der Waals surface area contributed by atoms with E-state index in [-0.39, 0.29) is 0 Å². The number of fused-ring (bicyclic) bond motifs is 1. The largest absolute Gasteiger partial charge is 0.493 e. The topological polar surface area (TPSA) is 21.7 Å². The maximum Gasteiger partial charge on any atom is 0.164 e. The third kappa shape index (κ3) is 3.52. The van der Waals surface area contributed by atoms with Crippen molar-refractivity contribution in [1.29, 1.82) is 0 Å². The normalized spacial score (nSPS) is 17.7. The maximum absolute atomic E-state index is 5.59. The fourth-order valence-electron chi connectivity index (χ4n) is 3.53. The van der Waals surface area contributed by atoms with Gasteiger partial charge in [0.1, 0.15) is 0 Å². The molecule has 2 rings (SSSR count). The van der Waals surface area contributed by atoms with Crippen LogP contribution in [0.3, 0.4) is 0 Å². The van der Waals surface area contributed by atoms with E-state index >= 15 is 0 Å². The van der Waals surface area contributed by atoms with Crippen LogP contribution in [0, 0.1) is 0 Å². The maximum atomic E-state index is 5.59. The van der Waals surface area contributed by atoms with E-state index in [1.807, 2.05) is 6.07 Å². The number of methoxy groups -OCH3 is 2. The van der Waals surface area contributed by atoms with Gasteiger partial charge in [-0.1, -0.05) is 19.9 Å². The zero-order chi connectivity index (χ0) is 15.2. The molecule has 3 nitrogen and oxygen atoms in total. The Morgan fingerprint density at radius 3 is 2.38 bits per heavy atom. The minimum absolute atomic E-state index is 0.676.